The number of hydrogen-bond acceptors (Lipinski definition) is 6. The van der Waals surface area contributed by atoms with E-state index in [4.69, 9.17) is 4.74 Å². The quantitative estimate of drug-likeness (QED) is 0.904. The number of likely N-dealkylation sites (tertiary alicyclic amines) is 1. The first-order chi connectivity index (χ1) is 12.1. The van der Waals surface area contributed by atoms with Gasteiger partial charge in [0.2, 0.25) is 0 Å². The fraction of sp³-hybridized carbons (Fsp3) is 0.294. The molecule has 1 fully saturated rings. The second-order valence-corrected chi connectivity index (χ2v) is 6.41. The van der Waals surface area contributed by atoms with Crippen LogP contribution in [0.25, 0.3) is 0 Å². The Bertz CT molecular complexity index is 790. The number of benzene rings is 1. The van der Waals surface area contributed by atoms with E-state index < -0.39 is 0 Å². The highest BCUT2D eigenvalue weighted by Crippen LogP contribution is 2.20. The number of hydrogen-bond donors (Lipinski definition) is 1. The van der Waals surface area contributed by atoms with Crippen molar-refractivity contribution in [3.63, 3.8) is 0 Å². The molecule has 1 aliphatic heterocycles. The fourth-order valence-electron chi connectivity index (χ4n) is 2.46. The van der Waals surface area contributed by atoms with E-state index in [0.717, 1.165) is 0 Å². The van der Waals surface area contributed by atoms with Crippen LogP contribution in [0.2, 0.25) is 0 Å². The summed E-state index contributed by atoms with van der Waals surface area (Å²) in [5, 5.41) is 4.66. The van der Waals surface area contributed by atoms with Crippen LogP contribution in [0.15, 0.2) is 29.6 Å². The molecular weight excluding hydrogens is 342 g/mol. The third kappa shape index (κ3) is 4.03. The topological polar surface area (TPSA) is 88.6 Å². The summed E-state index contributed by atoms with van der Waals surface area (Å²) in [6, 6.07) is 6.70. The van der Waals surface area contributed by atoms with Gasteiger partial charge < -0.3 is 9.64 Å². The molecule has 2 heterocycles. The lowest BCUT2D eigenvalue weighted by Gasteiger charge is -2.25. The standard InChI is InChI=1S/C17H17N3O4S/c1-24-13-4-2-11(3-5-13)15(22)19-17-18-14(10-25-17)16(23)20-8-6-12(21)7-9-20/h2-5,10H,6-9H2,1H3,(H,18,19,22). The Hall–Kier alpha value is -2.74. The van der Waals surface area contributed by atoms with E-state index in [2.05, 4.69) is 10.3 Å². The average Bonchev–Trinajstić information content (AvgIpc) is 3.10. The fourth-order valence-corrected chi connectivity index (χ4v) is 3.14. The van der Waals surface area contributed by atoms with Crippen molar-refractivity contribution < 1.29 is 19.1 Å². The third-order valence-corrected chi connectivity index (χ3v) is 4.66. The molecule has 3 rings (SSSR count). The molecule has 25 heavy (non-hydrogen) atoms. The molecule has 0 aliphatic carbocycles. The lowest BCUT2D eigenvalue weighted by Crippen LogP contribution is -2.38. The zero-order chi connectivity index (χ0) is 17.8. The zero-order valence-corrected chi connectivity index (χ0v) is 14.5. The molecule has 1 aromatic heterocycles. The van der Waals surface area contributed by atoms with Crippen LogP contribution in [0.1, 0.15) is 33.7 Å². The summed E-state index contributed by atoms with van der Waals surface area (Å²) in [5.41, 5.74) is 0.753. The van der Waals surface area contributed by atoms with E-state index in [9.17, 15) is 14.4 Å². The maximum atomic E-state index is 12.4. The molecule has 0 atom stereocenters. The van der Waals surface area contributed by atoms with Crippen molar-refractivity contribution in [3.05, 3.63) is 40.9 Å². The van der Waals surface area contributed by atoms with Crippen LogP contribution in [0.5, 0.6) is 5.75 Å². The number of methoxy groups -OCH3 is 1. The highest BCUT2D eigenvalue weighted by molar-refractivity contribution is 7.14. The van der Waals surface area contributed by atoms with Crippen LogP contribution >= 0.6 is 11.3 Å². The van der Waals surface area contributed by atoms with Crippen LogP contribution in [-0.4, -0.2) is 47.7 Å². The van der Waals surface area contributed by atoms with Crippen molar-refractivity contribution in [1.82, 2.24) is 9.88 Å². The second-order valence-electron chi connectivity index (χ2n) is 5.55. The Balaban J connectivity index is 1.63. The third-order valence-electron chi connectivity index (χ3n) is 3.90. The minimum Gasteiger partial charge on any atom is -0.497 e. The van der Waals surface area contributed by atoms with Gasteiger partial charge in [-0.15, -0.1) is 11.3 Å². The summed E-state index contributed by atoms with van der Waals surface area (Å²) in [5.74, 6) is 0.321. The van der Waals surface area contributed by atoms with Gasteiger partial charge in [0, 0.05) is 36.9 Å². The lowest BCUT2D eigenvalue weighted by atomic mass is 10.1. The molecule has 130 valence electrons. The largest absolute Gasteiger partial charge is 0.497 e. The summed E-state index contributed by atoms with van der Waals surface area (Å²) < 4.78 is 5.06. The monoisotopic (exact) mass is 359 g/mol. The molecule has 1 N–H and O–H groups in total. The smallest absolute Gasteiger partial charge is 0.273 e. The number of piperidine rings is 1. The van der Waals surface area contributed by atoms with Crippen LogP contribution in [0, 0.1) is 0 Å². The van der Waals surface area contributed by atoms with Crippen LogP contribution in [0.4, 0.5) is 5.13 Å². The highest BCUT2D eigenvalue weighted by atomic mass is 32.1. The average molecular weight is 359 g/mol. The highest BCUT2D eigenvalue weighted by Gasteiger charge is 2.23. The Morgan fingerprint density at radius 2 is 1.88 bits per heavy atom. The van der Waals surface area contributed by atoms with E-state index in [0.29, 0.717) is 42.4 Å². The van der Waals surface area contributed by atoms with Gasteiger partial charge in [-0.25, -0.2) is 4.98 Å². The molecule has 0 bridgehead atoms. The lowest BCUT2D eigenvalue weighted by molar-refractivity contribution is -0.120. The number of aromatic nitrogens is 1. The van der Waals surface area contributed by atoms with E-state index in [-0.39, 0.29) is 23.3 Å². The summed E-state index contributed by atoms with van der Waals surface area (Å²) >= 11 is 1.19. The minimum absolute atomic E-state index is 0.176. The van der Waals surface area contributed by atoms with Crippen LogP contribution in [0.3, 0.4) is 0 Å². The van der Waals surface area contributed by atoms with Crippen molar-refractivity contribution in [2.75, 3.05) is 25.5 Å². The maximum Gasteiger partial charge on any atom is 0.273 e. The first-order valence-electron chi connectivity index (χ1n) is 7.78. The summed E-state index contributed by atoms with van der Waals surface area (Å²) in [4.78, 5) is 41.7. The van der Waals surface area contributed by atoms with Gasteiger partial charge in [-0.2, -0.15) is 0 Å². The zero-order valence-electron chi connectivity index (χ0n) is 13.7. The Morgan fingerprint density at radius 3 is 2.52 bits per heavy atom. The number of ketones is 1. The predicted molar refractivity (Wildman–Crippen MR) is 93.2 cm³/mol. The molecule has 1 aromatic carbocycles. The van der Waals surface area contributed by atoms with Crippen molar-refractivity contribution >= 4 is 34.1 Å². The van der Waals surface area contributed by atoms with E-state index in [1.54, 1.807) is 41.7 Å². The number of rotatable bonds is 4. The normalized spacial score (nSPS) is 14.3. The van der Waals surface area contributed by atoms with E-state index in [1.165, 1.54) is 11.3 Å². The molecule has 0 saturated carbocycles. The van der Waals surface area contributed by atoms with Gasteiger partial charge in [-0.3, -0.25) is 19.7 Å². The number of carbonyl (C=O) groups excluding carboxylic acids is 3. The van der Waals surface area contributed by atoms with E-state index in [1.807, 2.05) is 0 Å². The van der Waals surface area contributed by atoms with Gasteiger partial charge >= 0.3 is 0 Å². The van der Waals surface area contributed by atoms with Crippen molar-refractivity contribution in [2.24, 2.45) is 0 Å². The summed E-state index contributed by atoms with van der Waals surface area (Å²) in [6.07, 6.45) is 0.772. The second kappa shape index (κ2) is 7.43. The van der Waals surface area contributed by atoms with E-state index >= 15 is 0 Å². The SMILES string of the molecule is COc1ccc(C(=O)Nc2nc(C(=O)N3CCC(=O)CC3)cs2)cc1. The summed E-state index contributed by atoms with van der Waals surface area (Å²) in [7, 11) is 1.56. The molecule has 0 spiro atoms. The molecule has 2 aromatic rings. The summed E-state index contributed by atoms with van der Waals surface area (Å²) in [6.45, 7) is 0.839. The van der Waals surface area contributed by atoms with Crippen molar-refractivity contribution in [2.45, 2.75) is 12.8 Å². The number of nitrogens with one attached hydrogen (secondary N) is 1. The van der Waals surface area contributed by atoms with Crippen molar-refractivity contribution in [1.29, 1.82) is 0 Å². The molecule has 2 amide bonds. The van der Waals surface area contributed by atoms with Crippen molar-refractivity contribution in [3.8, 4) is 5.75 Å². The molecule has 1 saturated heterocycles. The van der Waals surface area contributed by atoms with Crippen LogP contribution < -0.4 is 10.1 Å². The number of ether oxygens (including phenoxy) is 1. The first kappa shape index (κ1) is 17.1. The van der Waals surface area contributed by atoms with Gasteiger partial charge in [0.05, 0.1) is 7.11 Å². The molecular formula is C17H17N3O4S. The van der Waals surface area contributed by atoms with Gasteiger partial charge in [-0.1, -0.05) is 0 Å². The number of anilines is 1. The number of Topliss-reactive ketones (excluding diaryl/α,β-unsaturated/α-hetero) is 1. The number of nitrogens with zero attached hydrogens (tertiary/aromatic N) is 2. The molecule has 7 nitrogen and oxygen atoms in total. The Morgan fingerprint density at radius 1 is 1.20 bits per heavy atom. The minimum atomic E-state index is -0.306. The molecule has 0 radical (unpaired) electrons. The maximum absolute atomic E-state index is 12.4. The number of carbonyl (C=O) groups is 3. The number of thiazole rings is 1. The molecule has 8 heteroatoms. The predicted octanol–water partition coefficient (Wildman–Crippen LogP) is 2.21. The number of amides is 2. The Kier molecular flexibility index (Phi) is 5.08. The van der Waals surface area contributed by atoms with Crippen LogP contribution in [-0.2, 0) is 4.79 Å². The van der Waals surface area contributed by atoms with Gasteiger partial charge in [0.25, 0.3) is 11.8 Å². The van der Waals surface area contributed by atoms with Gasteiger partial charge in [-0.05, 0) is 24.3 Å². The molecule has 0 unspecified atom stereocenters. The first-order valence-corrected chi connectivity index (χ1v) is 8.66. The molecule has 1 aliphatic rings. The van der Waals surface area contributed by atoms with Gasteiger partial charge in [0.1, 0.15) is 17.2 Å². The van der Waals surface area contributed by atoms with Gasteiger partial charge in [0.15, 0.2) is 5.13 Å². The Labute approximate surface area is 148 Å².